The number of benzene rings is 2. The maximum atomic E-state index is 11.9. The van der Waals surface area contributed by atoms with E-state index in [0.717, 1.165) is 21.3 Å². The Labute approximate surface area is 137 Å². The lowest BCUT2D eigenvalue weighted by Gasteiger charge is -2.20. The number of phenols is 1. The molecule has 4 nitrogen and oxygen atoms in total. The van der Waals surface area contributed by atoms with Gasteiger partial charge in [-0.3, -0.25) is 4.79 Å². The molecule has 0 saturated heterocycles. The molecule has 1 N–H and O–H groups in total. The van der Waals surface area contributed by atoms with E-state index in [1.54, 1.807) is 12.1 Å². The van der Waals surface area contributed by atoms with Gasteiger partial charge in [-0.25, -0.2) is 5.01 Å². The second-order valence-corrected chi connectivity index (χ2v) is 6.14. The van der Waals surface area contributed by atoms with Crippen molar-refractivity contribution in [2.24, 2.45) is 5.10 Å². The lowest BCUT2D eigenvalue weighted by molar-refractivity contribution is -0.130. The Hall–Kier alpha value is -2.14. The summed E-state index contributed by atoms with van der Waals surface area (Å²) in [7, 11) is 0. The van der Waals surface area contributed by atoms with E-state index >= 15 is 0 Å². The van der Waals surface area contributed by atoms with E-state index in [2.05, 4.69) is 21.0 Å². The van der Waals surface area contributed by atoms with Gasteiger partial charge in [-0.2, -0.15) is 5.10 Å². The highest BCUT2D eigenvalue weighted by molar-refractivity contribution is 9.10. The number of amides is 1. The number of hydrogen-bond acceptors (Lipinski definition) is 3. The summed E-state index contributed by atoms with van der Waals surface area (Å²) >= 11 is 3.42. The Balaban J connectivity index is 1.92. The molecule has 1 heterocycles. The van der Waals surface area contributed by atoms with Crippen LogP contribution in [-0.4, -0.2) is 21.7 Å². The minimum atomic E-state index is -0.128. The Morgan fingerprint density at radius 2 is 1.82 bits per heavy atom. The first-order chi connectivity index (χ1) is 10.5. The van der Waals surface area contributed by atoms with Gasteiger partial charge in [0, 0.05) is 17.8 Å². The van der Waals surface area contributed by atoms with Crippen LogP contribution in [0.2, 0.25) is 0 Å². The fourth-order valence-corrected chi connectivity index (χ4v) is 2.84. The van der Waals surface area contributed by atoms with Crippen molar-refractivity contribution in [1.29, 1.82) is 0 Å². The van der Waals surface area contributed by atoms with Gasteiger partial charge in [-0.15, -0.1) is 0 Å². The van der Waals surface area contributed by atoms with Crippen molar-refractivity contribution < 1.29 is 9.90 Å². The zero-order valence-electron chi connectivity index (χ0n) is 12.0. The van der Waals surface area contributed by atoms with E-state index in [4.69, 9.17) is 0 Å². The molecule has 1 aliphatic heterocycles. The molecular formula is C17H15BrN2O2. The topological polar surface area (TPSA) is 52.9 Å². The first kappa shape index (κ1) is 14.8. The Morgan fingerprint density at radius 3 is 2.41 bits per heavy atom. The molecule has 1 aliphatic rings. The largest absolute Gasteiger partial charge is 0.508 e. The van der Waals surface area contributed by atoms with Crippen LogP contribution in [0, 0.1) is 0 Å². The molecule has 0 bridgehead atoms. The van der Waals surface area contributed by atoms with Crippen molar-refractivity contribution in [3.05, 3.63) is 64.1 Å². The van der Waals surface area contributed by atoms with Gasteiger partial charge in [0.25, 0.3) is 0 Å². The van der Waals surface area contributed by atoms with Crippen molar-refractivity contribution in [2.75, 3.05) is 0 Å². The number of carbonyl (C=O) groups is 1. The van der Waals surface area contributed by atoms with Crippen LogP contribution in [0.25, 0.3) is 0 Å². The molecule has 5 heteroatoms. The van der Waals surface area contributed by atoms with Crippen LogP contribution in [0.5, 0.6) is 5.75 Å². The molecule has 1 atom stereocenters. The van der Waals surface area contributed by atoms with E-state index in [9.17, 15) is 9.90 Å². The highest BCUT2D eigenvalue weighted by Crippen LogP contribution is 2.33. The van der Waals surface area contributed by atoms with Crippen LogP contribution in [-0.2, 0) is 4.79 Å². The predicted molar refractivity (Wildman–Crippen MR) is 88.7 cm³/mol. The number of hydrazone groups is 1. The fraction of sp³-hybridized carbons (Fsp3) is 0.176. The van der Waals surface area contributed by atoms with Crippen LogP contribution in [0.4, 0.5) is 0 Å². The van der Waals surface area contributed by atoms with Crippen LogP contribution in [0.3, 0.4) is 0 Å². The number of hydrogen-bond donors (Lipinski definition) is 1. The van der Waals surface area contributed by atoms with Gasteiger partial charge >= 0.3 is 0 Å². The summed E-state index contributed by atoms with van der Waals surface area (Å²) in [5.41, 5.74) is 2.86. The number of nitrogens with zero attached hydrogens (tertiary/aromatic N) is 2. The average Bonchev–Trinajstić information content (AvgIpc) is 2.94. The quantitative estimate of drug-likeness (QED) is 0.886. The zero-order chi connectivity index (χ0) is 15.7. The second-order valence-electron chi connectivity index (χ2n) is 5.23. The SMILES string of the molecule is CC(=O)N1N=C(c2ccc(Br)cc2)CC1c1ccc(O)cc1. The third-order valence-corrected chi connectivity index (χ3v) is 4.22. The molecule has 2 aromatic rings. The highest BCUT2D eigenvalue weighted by Gasteiger charge is 2.31. The van der Waals surface area contributed by atoms with Crippen LogP contribution in [0.1, 0.15) is 30.5 Å². The molecule has 0 spiro atoms. The molecule has 1 unspecified atom stereocenters. The van der Waals surface area contributed by atoms with Crippen molar-refractivity contribution in [2.45, 2.75) is 19.4 Å². The molecule has 0 saturated carbocycles. The molecular weight excluding hydrogens is 344 g/mol. The number of aromatic hydroxyl groups is 1. The van der Waals surface area contributed by atoms with Crippen LogP contribution in [0.15, 0.2) is 58.1 Å². The first-order valence-electron chi connectivity index (χ1n) is 6.97. The Morgan fingerprint density at radius 1 is 1.18 bits per heavy atom. The van der Waals surface area contributed by atoms with Gasteiger partial charge < -0.3 is 5.11 Å². The van der Waals surface area contributed by atoms with Crippen molar-refractivity contribution in [1.82, 2.24) is 5.01 Å². The fourth-order valence-electron chi connectivity index (χ4n) is 2.57. The van der Waals surface area contributed by atoms with Gasteiger partial charge in [0.1, 0.15) is 5.75 Å². The molecule has 0 radical (unpaired) electrons. The maximum absolute atomic E-state index is 11.9. The van der Waals surface area contributed by atoms with Crippen molar-refractivity contribution in [3.8, 4) is 5.75 Å². The molecule has 22 heavy (non-hydrogen) atoms. The smallest absolute Gasteiger partial charge is 0.240 e. The number of halogens is 1. The highest BCUT2D eigenvalue weighted by atomic mass is 79.9. The van der Waals surface area contributed by atoms with Crippen LogP contribution >= 0.6 is 15.9 Å². The minimum absolute atomic E-state index is 0.0924. The Bertz CT molecular complexity index is 723. The van der Waals surface area contributed by atoms with Gasteiger partial charge in [-0.1, -0.05) is 40.2 Å². The summed E-state index contributed by atoms with van der Waals surface area (Å²) in [4.78, 5) is 11.9. The number of phenolic OH excluding ortho intramolecular Hbond substituents is 1. The van der Waals surface area contributed by atoms with Crippen molar-refractivity contribution >= 4 is 27.5 Å². The number of rotatable bonds is 2. The van der Waals surface area contributed by atoms with Gasteiger partial charge in [0.05, 0.1) is 11.8 Å². The van der Waals surface area contributed by atoms with Gasteiger partial charge in [0.15, 0.2) is 0 Å². The average molecular weight is 359 g/mol. The van der Waals surface area contributed by atoms with E-state index in [-0.39, 0.29) is 17.7 Å². The third-order valence-electron chi connectivity index (χ3n) is 3.69. The van der Waals surface area contributed by atoms with Crippen LogP contribution < -0.4 is 0 Å². The van der Waals surface area contributed by atoms with E-state index in [1.807, 2.05) is 36.4 Å². The monoisotopic (exact) mass is 358 g/mol. The summed E-state index contributed by atoms with van der Waals surface area (Å²) in [6.45, 7) is 1.52. The van der Waals surface area contributed by atoms with E-state index in [1.165, 1.54) is 11.9 Å². The summed E-state index contributed by atoms with van der Waals surface area (Å²) in [6.07, 6.45) is 0.659. The van der Waals surface area contributed by atoms with E-state index < -0.39 is 0 Å². The lowest BCUT2D eigenvalue weighted by Crippen LogP contribution is -2.24. The lowest BCUT2D eigenvalue weighted by atomic mass is 9.98. The predicted octanol–water partition coefficient (Wildman–Crippen LogP) is 3.85. The summed E-state index contributed by atoms with van der Waals surface area (Å²) in [5.74, 6) is 0.121. The summed E-state index contributed by atoms with van der Waals surface area (Å²) < 4.78 is 1.01. The molecule has 2 aromatic carbocycles. The summed E-state index contributed by atoms with van der Waals surface area (Å²) in [6, 6.07) is 14.7. The molecule has 112 valence electrons. The van der Waals surface area contributed by atoms with Gasteiger partial charge in [0.2, 0.25) is 5.91 Å². The second kappa shape index (κ2) is 5.93. The third kappa shape index (κ3) is 2.90. The number of carbonyl (C=O) groups excluding carboxylic acids is 1. The minimum Gasteiger partial charge on any atom is -0.508 e. The Kier molecular flexibility index (Phi) is 3.98. The molecule has 0 fully saturated rings. The van der Waals surface area contributed by atoms with E-state index in [0.29, 0.717) is 6.42 Å². The standard InChI is InChI=1S/C17H15BrN2O2/c1-11(21)20-17(13-4-8-15(22)9-5-13)10-16(19-20)12-2-6-14(18)7-3-12/h2-9,17,22H,10H2,1H3. The molecule has 0 aliphatic carbocycles. The summed E-state index contributed by atoms with van der Waals surface area (Å²) in [5, 5.41) is 15.4. The zero-order valence-corrected chi connectivity index (χ0v) is 13.6. The molecule has 3 rings (SSSR count). The molecule has 1 amide bonds. The first-order valence-corrected chi connectivity index (χ1v) is 7.76. The van der Waals surface area contributed by atoms with Crippen molar-refractivity contribution in [3.63, 3.8) is 0 Å². The molecule has 0 aromatic heterocycles. The normalized spacial score (nSPS) is 17.5. The van der Waals surface area contributed by atoms with Gasteiger partial charge in [-0.05, 0) is 35.4 Å². The maximum Gasteiger partial charge on any atom is 0.240 e.